The number of hydrogen-bond donors (Lipinski definition) is 0. The third-order valence-electron chi connectivity index (χ3n) is 5.46. The molecule has 3 rings (SSSR count). The van der Waals surface area contributed by atoms with Crippen molar-refractivity contribution in [1.29, 1.82) is 0 Å². The van der Waals surface area contributed by atoms with Crippen LogP contribution >= 0.6 is 0 Å². The van der Waals surface area contributed by atoms with E-state index in [4.69, 9.17) is 14.2 Å². The van der Waals surface area contributed by atoms with Gasteiger partial charge in [0.05, 0.1) is 21.3 Å². The number of amides is 1. The van der Waals surface area contributed by atoms with E-state index in [-0.39, 0.29) is 5.91 Å². The van der Waals surface area contributed by atoms with Crippen LogP contribution in [0.5, 0.6) is 17.2 Å². The number of carbonyl (C=O) groups is 1. The van der Waals surface area contributed by atoms with Gasteiger partial charge >= 0.3 is 0 Å². The number of piperazine rings is 1. The molecule has 1 heterocycles. The lowest BCUT2D eigenvalue weighted by atomic mass is 10.1. The molecule has 0 atom stereocenters. The van der Waals surface area contributed by atoms with E-state index >= 15 is 0 Å². The van der Waals surface area contributed by atoms with E-state index in [0.717, 1.165) is 36.3 Å². The van der Waals surface area contributed by atoms with Crippen LogP contribution < -0.4 is 14.2 Å². The highest BCUT2D eigenvalue weighted by Gasteiger charge is 2.22. The highest BCUT2D eigenvalue weighted by atomic mass is 16.5. The summed E-state index contributed by atoms with van der Waals surface area (Å²) in [5, 5.41) is 0. The Morgan fingerprint density at radius 1 is 0.933 bits per heavy atom. The molecule has 6 nitrogen and oxygen atoms in total. The molecule has 1 fully saturated rings. The number of methoxy groups -OCH3 is 3. The molecule has 0 aromatic heterocycles. The van der Waals surface area contributed by atoms with Gasteiger partial charge in [-0.3, -0.25) is 9.69 Å². The first-order chi connectivity index (χ1) is 14.6. The number of rotatable bonds is 7. The maximum Gasteiger partial charge on any atom is 0.246 e. The maximum absolute atomic E-state index is 12.6. The van der Waals surface area contributed by atoms with Crippen molar-refractivity contribution in [3.05, 3.63) is 59.2 Å². The molecule has 2 aromatic rings. The zero-order valence-corrected chi connectivity index (χ0v) is 18.2. The third kappa shape index (κ3) is 4.94. The number of carbonyl (C=O) groups excluding carboxylic acids is 1. The Labute approximate surface area is 178 Å². The van der Waals surface area contributed by atoms with Gasteiger partial charge in [-0.15, -0.1) is 0 Å². The number of aryl methyl sites for hydroxylation is 1. The summed E-state index contributed by atoms with van der Waals surface area (Å²) in [6.45, 7) is 5.79. The standard InChI is InChI=1S/C24H30N2O4/c1-18-7-5-6-8-19(18)10-12-22(27)26-15-13-25(14-16-26)17-20-9-11-21(28-2)24(30-4)23(20)29-3/h5-12H,13-17H2,1-4H3/b12-10+. The van der Waals surface area contributed by atoms with Crippen molar-refractivity contribution in [2.45, 2.75) is 13.5 Å². The molecule has 160 valence electrons. The van der Waals surface area contributed by atoms with Crippen LogP contribution in [0.25, 0.3) is 6.08 Å². The van der Waals surface area contributed by atoms with Gasteiger partial charge in [0.1, 0.15) is 0 Å². The summed E-state index contributed by atoms with van der Waals surface area (Å²) in [7, 11) is 4.86. The third-order valence-corrected chi connectivity index (χ3v) is 5.46. The Balaban J connectivity index is 1.60. The minimum absolute atomic E-state index is 0.0570. The highest BCUT2D eigenvalue weighted by Crippen LogP contribution is 2.40. The second-order valence-electron chi connectivity index (χ2n) is 7.28. The van der Waals surface area contributed by atoms with Gasteiger partial charge in [-0.05, 0) is 30.2 Å². The van der Waals surface area contributed by atoms with Gasteiger partial charge in [0, 0.05) is 44.4 Å². The number of nitrogens with zero attached hydrogens (tertiary/aromatic N) is 2. The molecular weight excluding hydrogens is 380 g/mol. The molecule has 0 bridgehead atoms. The van der Waals surface area contributed by atoms with E-state index in [2.05, 4.69) is 4.90 Å². The zero-order valence-electron chi connectivity index (χ0n) is 18.2. The topological polar surface area (TPSA) is 51.2 Å². The maximum atomic E-state index is 12.6. The predicted octanol–water partition coefficient (Wildman–Crippen LogP) is 3.38. The molecule has 0 saturated carbocycles. The fourth-order valence-corrected chi connectivity index (χ4v) is 3.70. The molecule has 1 saturated heterocycles. The molecule has 0 aliphatic carbocycles. The fourth-order valence-electron chi connectivity index (χ4n) is 3.70. The van der Waals surface area contributed by atoms with Crippen LogP contribution in [0.2, 0.25) is 0 Å². The number of hydrogen-bond acceptors (Lipinski definition) is 5. The zero-order chi connectivity index (χ0) is 21.5. The molecule has 1 aliphatic rings. The summed E-state index contributed by atoms with van der Waals surface area (Å²) in [6, 6.07) is 12.0. The summed E-state index contributed by atoms with van der Waals surface area (Å²) in [4.78, 5) is 16.8. The Morgan fingerprint density at radius 3 is 2.27 bits per heavy atom. The van der Waals surface area contributed by atoms with Crippen LogP contribution in [0.4, 0.5) is 0 Å². The Hall–Kier alpha value is -2.99. The predicted molar refractivity (Wildman–Crippen MR) is 118 cm³/mol. The van der Waals surface area contributed by atoms with Crippen molar-refractivity contribution in [2.24, 2.45) is 0 Å². The molecule has 0 N–H and O–H groups in total. The average molecular weight is 411 g/mol. The van der Waals surface area contributed by atoms with E-state index in [1.165, 1.54) is 0 Å². The minimum Gasteiger partial charge on any atom is -0.493 e. The molecule has 0 radical (unpaired) electrons. The molecule has 2 aromatic carbocycles. The van der Waals surface area contributed by atoms with E-state index in [1.807, 2.05) is 54.3 Å². The lowest BCUT2D eigenvalue weighted by molar-refractivity contribution is -0.127. The normalized spacial score (nSPS) is 14.7. The quantitative estimate of drug-likeness (QED) is 0.655. The van der Waals surface area contributed by atoms with Gasteiger partial charge in [0.15, 0.2) is 11.5 Å². The van der Waals surface area contributed by atoms with Gasteiger partial charge in [0.2, 0.25) is 11.7 Å². The second-order valence-corrected chi connectivity index (χ2v) is 7.28. The van der Waals surface area contributed by atoms with Gasteiger partial charge in [0.25, 0.3) is 0 Å². The highest BCUT2D eigenvalue weighted by molar-refractivity contribution is 5.92. The van der Waals surface area contributed by atoms with E-state index in [9.17, 15) is 4.79 Å². The lowest BCUT2D eigenvalue weighted by Gasteiger charge is -2.34. The summed E-state index contributed by atoms with van der Waals surface area (Å²) in [5.74, 6) is 2.00. The van der Waals surface area contributed by atoms with Crippen molar-refractivity contribution in [3.63, 3.8) is 0 Å². The lowest BCUT2D eigenvalue weighted by Crippen LogP contribution is -2.47. The van der Waals surface area contributed by atoms with E-state index in [0.29, 0.717) is 30.3 Å². The second kappa shape index (κ2) is 10.2. The first kappa shape index (κ1) is 21.7. The minimum atomic E-state index is 0.0570. The Bertz CT molecular complexity index is 902. The van der Waals surface area contributed by atoms with Gasteiger partial charge in [-0.25, -0.2) is 0 Å². The first-order valence-electron chi connectivity index (χ1n) is 10.1. The van der Waals surface area contributed by atoms with Crippen LogP contribution in [0.3, 0.4) is 0 Å². The van der Waals surface area contributed by atoms with Crippen molar-refractivity contribution < 1.29 is 19.0 Å². The van der Waals surface area contributed by atoms with E-state index < -0.39 is 0 Å². The molecule has 1 aliphatic heterocycles. The number of benzene rings is 2. The van der Waals surface area contributed by atoms with Crippen molar-refractivity contribution >= 4 is 12.0 Å². The summed E-state index contributed by atoms with van der Waals surface area (Å²) in [5.41, 5.74) is 3.27. The summed E-state index contributed by atoms with van der Waals surface area (Å²) in [6.07, 6.45) is 3.58. The Kier molecular flexibility index (Phi) is 7.36. The van der Waals surface area contributed by atoms with E-state index in [1.54, 1.807) is 27.4 Å². The number of ether oxygens (including phenoxy) is 3. The largest absolute Gasteiger partial charge is 0.493 e. The molecular formula is C24H30N2O4. The fraction of sp³-hybridized carbons (Fsp3) is 0.375. The van der Waals surface area contributed by atoms with Gasteiger partial charge < -0.3 is 19.1 Å². The molecule has 30 heavy (non-hydrogen) atoms. The van der Waals surface area contributed by atoms with Gasteiger partial charge in [-0.2, -0.15) is 0 Å². The Morgan fingerprint density at radius 2 is 1.63 bits per heavy atom. The molecule has 0 unspecified atom stereocenters. The molecule has 0 spiro atoms. The smallest absolute Gasteiger partial charge is 0.246 e. The monoisotopic (exact) mass is 410 g/mol. The van der Waals surface area contributed by atoms with Gasteiger partial charge in [-0.1, -0.05) is 30.3 Å². The molecule has 6 heteroatoms. The van der Waals surface area contributed by atoms with Crippen LogP contribution in [0.15, 0.2) is 42.5 Å². The average Bonchev–Trinajstić information content (AvgIpc) is 2.78. The first-order valence-corrected chi connectivity index (χ1v) is 10.1. The van der Waals surface area contributed by atoms with Crippen LogP contribution in [-0.4, -0.2) is 63.2 Å². The van der Waals surface area contributed by atoms with Crippen LogP contribution in [0.1, 0.15) is 16.7 Å². The molecule has 1 amide bonds. The van der Waals surface area contributed by atoms with Crippen molar-refractivity contribution in [3.8, 4) is 17.2 Å². The van der Waals surface area contributed by atoms with Crippen molar-refractivity contribution in [2.75, 3.05) is 47.5 Å². The van der Waals surface area contributed by atoms with Crippen LogP contribution in [-0.2, 0) is 11.3 Å². The SMILES string of the molecule is COc1ccc(CN2CCN(C(=O)/C=C/c3ccccc3C)CC2)c(OC)c1OC. The summed E-state index contributed by atoms with van der Waals surface area (Å²) < 4.78 is 16.4. The summed E-state index contributed by atoms with van der Waals surface area (Å²) >= 11 is 0. The van der Waals surface area contributed by atoms with Crippen molar-refractivity contribution in [1.82, 2.24) is 9.80 Å². The van der Waals surface area contributed by atoms with Crippen LogP contribution in [0, 0.1) is 6.92 Å².